The number of para-hydroxylation sites is 2. The molecule has 0 unspecified atom stereocenters. The lowest BCUT2D eigenvalue weighted by Gasteiger charge is -2.32. The number of piperidine rings is 1. The SMILES string of the molecule is O=C(Nc1ccc(Oc2ccccc2)cc1)[C@H]1CCCN(C(=O)Nc2ccccc2)C1. The smallest absolute Gasteiger partial charge is 0.321 e. The standard InChI is InChI=1S/C25H25N3O3/c29-24(26-21-13-15-23(16-14-21)31-22-11-5-2-6-12-22)19-8-7-17-28(18-19)25(30)27-20-9-3-1-4-10-20/h1-6,9-16,19H,7-8,17-18H2,(H,26,29)(H,27,30)/t19-/m0/s1. The Bertz CT molecular complexity index is 1010. The van der Waals surface area contributed by atoms with E-state index in [0.717, 1.165) is 24.3 Å². The molecule has 0 saturated carbocycles. The minimum Gasteiger partial charge on any atom is -0.457 e. The molecule has 1 atom stereocenters. The minimum atomic E-state index is -0.240. The summed E-state index contributed by atoms with van der Waals surface area (Å²) in [7, 11) is 0. The first-order valence-corrected chi connectivity index (χ1v) is 10.4. The van der Waals surface area contributed by atoms with Gasteiger partial charge in [-0.15, -0.1) is 0 Å². The highest BCUT2D eigenvalue weighted by atomic mass is 16.5. The molecule has 3 aromatic rings. The molecule has 31 heavy (non-hydrogen) atoms. The van der Waals surface area contributed by atoms with E-state index < -0.39 is 0 Å². The number of benzene rings is 3. The normalized spacial score (nSPS) is 15.7. The molecule has 0 aliphatic carbocycles. The number of urea groups is 1. The molecule has 0 bridgehead atoms. The molecule has 0 spiro atoms. The van der Waals surface area contributed by atoms with Crippen molar-refractivity contribution in [3.8, 4) is 11.5 Å². The highest BCUT2D eigenvalue weighted by molar-refractivity contribution is 5.94. The zero-order valence-electron chi connectivity index (χ0n) is 17.2. The van der Waals surface area contributed by atoms with Crippen LogP contribution in [0.1, 0.15) is 12.8 Å². The van der Waals surface area contributed by atoms with E-state index in [1.54, 1.807) is 4.90 Å². The van der Waals surface area contributed by atoms with Gasteiger partial charge in [-0.1, -0.05) is 36.4 Å². The van der Waals surface area contributed by atoms with Gasteiger partial charge in [-0.2, -0.15) is 0 Å². The van der Waals surface area contributed by atoms with Gasteiger partial charge in [-0.05, 0) is 61.4 Å². The third-order valence-corrected chi connectivity index (χ3v) is 5.21. The minimum absolute atomic E-state index is 0.0751. The van der Waals surface area contributed by atoms with E-state index in [4.69, 9.17) is 4.74 Å². The van der Waals surface area contributed by atoms with Crippen LogP contribution in [0.3, 0.4) is 0 Å². The van der Waals surface area contributed by atoms with Gasteiger partial charge in [0, 0.05) is 24.5 Å². The molecule has 4 rings (SSSR count). The van der Waals surface area contributed by atoms with Crippen LogP contribution < -0.4 is 15.4 Å². The molecule has 0 aromatic heterocycles. The number of likely N-dealkylation sites (tertiary alicyclic amines) is 1. The van der Waals surface area contributed by atoms with Gasteiger partial charge < -0.3 is 20.3 Å². The van der Waals surface area contributed by atoms with Crippen LogP contribution >= 0.6 is 0 Å². The summed E-state index contributed by atoms with van der Waals surface area (Å²) in [4.78, 5) is 27.0. The number of hydrogen-bond acceptors (Lipinski definition) is 3. The van der Waals surface area contributed by atoms with Crippen LogP contribution in [0.25, 0.3) is 0 Å². The van der Waals surface area contributed by atoms with Crippen LogP contribution in [0, 0.1) is 5.92 Å². The molecule has 158 valence electrons. The maximum absolute atomic E-state index is 12.8. The lowest BCUT2D eigenvalue weighted by molar-refractivity contribution is -0.121. The lowest BCUT2D eigenvalue weighted by Crippen LogP contribution is -2.45. The number of carbonyl (C=O) groups excluding carboxylic acids is 2. The van der Waals surface area contributed by atoms with Crippen LogP contribution in [-0.2, 0) is 4.79 Å². The first kappa shape index (κ1) is 20.5. The van der Waals surface area contributed by atoms with Gasteiger partial charge >= 0.3 is 6.03 Å². The van der Waals surface area contributed by atoms with Gasteiger partial charge in [-0.25, -0.2) is 4.79 Å². The number of hydrogen-bond donors (Lipinski definition) is 2. The Morgan fingerprint density at radius 3 is 2.10 bits per heavy atom. The number of nitrogens with one attached hydrogen (secondary N) is 2. The van der Waals surface area contributed by atoms with Gasteiger partial charge in [0.05, 0.1) is 5.92 Å². The summed E-state index contributed by atoms with van der Waals surface area (Å²) < 4.78 is 5.78. The average molecular weight is 415 g/mol. The van der Waals surface area contributed by atoms with E-state index in [0.29, 0.717) is 24.5 Å². The fraction of sp³-hybridized carbons (Fsp3) is 0.200. The molecule has 2 N–H and O–H groups in total. The highest BCUT2D eigenvalue weighted by Crippen LogP contribution is 2.24. The zero-order chi connectivity index (χ0) is 21.5. The molecule has 6 heteroatoms. The second-order valence-electron chi connectivity index (χ2n) is 7.51. The molecule has 1 saturated heterocycles. The molecule has 0 radical (unpaired) electrons. The Kier molecular flexibility index (Phi) is 6.47. The number of ether oxygens (including phenoxy) is 1. The summed E-state index contributed by atoms with van der Waals surface area (Å²) in [6.07, 6.45) is 1.56. The summed E-state index contributed by atoms with van der Waals surface area (Å²) in [5.74, 6) is 1.14. The fourth-order valence-electron chi connectivity index (χ4n) is 3.57. The predicted molar refractivity (Wildman–Crippen MR) is 121 cm³/mol. The number of anilines is 2. The van der Waals surface area contributed by atoms with Gasteiger partial charge in [0.1, 0.15) is 11.5 Å². The van der Waals surface area contributed by atoms with Crippen molar-refractivity contribution >= 4 is 23.3 Å². The molecular formula is C25H25N3O3. The van der Waals surface area contributed by atoms with Crippen molar-refractivity contribution < 1.29 is 14.3 Å². The first-order valence-electron chi connectivity index (χ1n) is 10.4. The molecule has 1 fully saturated rings. The summed E-state index contributed by atoms with van der Waals surface area (Å²) in [5.41, 5.74) is 1.45. The number of rotatable bonds is 5. The molecule has 3 aromatic carbocycles. The highest BCUT2D eigenvalue weighted by Gasteiger charge is 2.28. The molecule has 3 amide bonds. The summed E-state index contributed by atoms with van der Waals surface area (Å²) in [5, 5.41) is 5.85. The predicted octanol–water partition coefficient (Wildman–Crippen LogP) is 5.36. The van der Waals surface area contributed by atoms with Crippen molar-refractivity contribution in [3.63, 3.8) is 0 Å². The second-order valence-corrected chi connectivity index (χ2v) is 7.51. The van der Waals surface area contributed by atoms with Gasteiger partial charge in [0.2, 0.25) is 5.91 Å². The van der Waals surface area contributed by atoms with E-state index in [1.807, 2.05) is 84.9 Å². The zero-order valence-corrected chi connectivity index (χ0v) is 17.2. The summed E-state index contributed by atoms with van der Waals surface area (Å²) >= 11 is 0. The maximum Gasteiger partial charge on any atom is 0.321 e. The molecule has 1 aliphatic heterocycles. The molecule has 6 nitrogen and oxygen atoms in total. The number of nitrogens with zero attached hydrogens (tertiary/aromatic N) is 1. The van der Waals surface area contributed by atoms with E-state index in [-0.39, 0.29) is 17.9 Å². The van der Waals surface area contributed by atoms with Crippen LogP contribution in [0.2, 0.25) is 0 Å². The molecular weight excluding hydrogens is 390 g/mol. The molecule has 1 aliphatic rings. The quantitative estimate of drug-likeness (QED) is 0.589. The largest absolute Gasteiger partial charge is 0.457 e. The van der Waals surface area contributed by atoms with Crippen LogP contribution in [0.5, 0.6) is 11.5 Å². The monoisotopic (exact) mass is 415 g/mol. The average Bonchev–Trinajstić information content (AvgIpc) is 2.82. The third-order valence-electron chi connectivity index (χ3n) is 5.21. The topological polar surface area (TPSA) is 70.7 Å². The van der Waals surface area contributed by atoms with Crippen LogP contribution in [0.4, 0.5) is 16.2 Å². The number of amides is 3. The Balaban J connectivity index is 1.31. The van der Waals surface area contributed by atoms with E-state index in [9.17, 15) is 9.59 Å². The maximum atomic E-state index is 12.8. The van der Waals surface area contributed by atoms with E-state index in [1.165, 1.54) is 0 Å². The van der Waals surface area contributed by atoms with Gasteiger partial charge in [0.25, 0.3) is 0 Å². The Hall–Kier alpha value is -3.80. The van der Waals surface area contributed by atoms with Gasteiger partial charge in [0.15, 0.2) is 0 Å². The summed E-state index contributed by atoms with van der Waals surface area (Å²) in [6, 6.07) is 26.0. The lowest BCUT2D eigenvalue weighted by atomic mass is 9.97. The van der Waals surface area contributed by atoms with Crippen molar-refractivity contribution in [1.29, 1.82) is 0 Å². The van der Waals surface area contributed by atoms with Crippen molar-refractivity contribution in [2.24, 2.45) is 5.92 Å². The van der Waals surface area contributed by atoms with Crippen molar-refractivity contribution in [2.75, 3.05) is 23.7 Å². The first-order chi connectivity index (χ1) is 15.2. The second kappa shape index (κ2) is 9.80. The third kappa shape index (κ3) is 5.63. The van der Waals surface area contributed by atoms with Gasteiger partial charge in [-0.3, -0.25) is 4.79 Å². The van der Waals surface area contributed by atoms with Crippen molar-refractivity contribution in [1.82, 2.24) is 4.90 Å². The Labute approximate surface area is 181 Å². The van der Waals surface area contributed by atoms with E-state index >= 15 is 0 Å². The van der Waals surface area contributed by atoms with Crippen LogP contribution in [-0.4, -0.2) is 29.9 Å². The molecule has 1 heterocycles. The number of carbonyl (C=O) groups is 2. The fourth-order valence-corrected chi connectivity index (χ4v) is 3.57. The van der Waals surface area contributed by atoms with Crippen LogP contribution in [0.15, 0.2) is 84.9 Å². The Morgan fingerprint density at radius 1 is 0.774 bits per heavy atom. The van der Waals surface area contributed by atoms with E-state index in [2.05, 4.69) is 10.6 Å². The Morgan fingerprint density at radius 2 is 1.39 bits per heavy atom. The van der Waals surface area contributed by atoms with Crippen molar-refractivity contribution in [3.05, 3.63) is 84.9 Å². The summed E-state index contributed by atoms with van der Waals surface area (Å²) in [6.45, 7) is 1.05. The van der Waals surface area contributed by atoms with Crippen molar-refractivity contribution in [2.45, 2.75) is 12.8 Å².